The first kappa shape index (κ1) is 22.5. The van der Waals surface area contributed by atoms with E-state index in [0.717, 1.165) is 12.2 Å². The lowest BCUT2D eigenvalue weighted by Gasteiger charge is -2.28. The zero-order chi connectivity index (χ0) is 23.9. The fourth-order valence-corrected chi connectivity index (χ4v) is 4.86. The quantitative estimate of drug-likeness (QED) is 0.400. The number of nitrogens with zero attached hydrogens (tertiary/aromatic N) is 3. The minimum atomic E-state index is -0.684. The Morgan fingerprint density at radius 2 is 1.79 bits per heavy atom. The van der Waals surface area contributed by atoms with Crippen LogP contribution in [0.25, 0.3) is 5.69 Å². The average Bonchev–Trinajstić information content (AvgIpc) is 3.55. The van der Waals surface area contributed by atoms with E-state index in [1.807, 2.05) is 19.2 Å². The van der Waals surface area contributed by atoms with Crippen molar-refractivity contribution < 1.29 is 18.5 Å². The second-order valence-corrected chi connectivity index (χ2v) is 8.91. The van der Waals surface area contributed by atoms with Gasteiger partial charge in [-0.2, -0.15) is 5.10 Å². The summed E-state index contributed by atoms with van der Waals surface area (Å²) in [7, 11) is 3.56. The molecule has 9 heteroatoms. The smallest absolute Gasteiger partial charge is 0.370 e. The lowest BCUT2D eigenvalue weighted by molar-refractivity contribution is 0.0764. The van der Waals surface area contributed by atoms with Gasteiger partial charge in [0, 0.05) is 42.7 Å². The molecule has 0 radical (unpaired) electrons. The summed E-state index contributed by atoms with van der Waals surface area (Å²) < 4.78 is 11.4. The van der Waals surface area contributed by atoms with Crippen LogP contribution in [-0.2, 0) is 16.0 Å². The van der Waals surface area contributed by atoms with Crippen molar-refractivity contribution in [3.63, 3.8) is 0 Å². The third-order valence-electron chi connectivity index (χ3n) is 6.77. The summed E-state index contributed by atoms with van der Waals surface area (Å²) in [4.78, 5) is 27.8. The Morgan fingerprint density at radius 1 is 1.12 bits per heavy atom. The largest absolute Gasteiger partial charge is 0.497 e. The summed E-state index contributed by atoms with van der Waals surface area (Å²) in [5.41, 5.74) is 3.98. The first-order valence-electron chi connectivity index (χ1n) is 11.2. The van der Waals surface area contributed by atoms with Crippen LogP contribution < -0.4 is 15.0 Å². The normalized spacial score (nSPS) is 16.2. The van der Waals surface area contributed by atoms with Crippen LogP contribution in [0.1, 0.15) is 44.9 Å². The van der Waals surface area contributed by atoms with Gasteiger partial charge >= 0.3 is 5.97 Å². The van der Waals surface area contributed by atoms with Gasteiger partial charge in [0.1, 0.15) is 11.4 Å². The number of benzene rings is 2. The number of carbonyl (C=O) groups excluding carboxylic acids is 2. The van der Waals surface area contributed by atoms with Crippen LogP contribution in [0.5, 0.6) is 5.75 Å². The molecule has 1 saturated carbocycles. The number of thiol groups is 1. The van der Waals surface area contributed by atoms with E-state index in [2.05, 4.69) is 39.6 Å². The van der Waals surface area contributed by atoms with Gasteiger partial charge in [-0.05, 0) is 68.3 Å². The molecule has 0 bridgehead atoms. The van der Waals surface area contributed by atoms with Gasteiger partial charge in [-0.1, -0.05) is 12.1 Å². The molecule has 0 unspecified atom stereocenters. The highest BCUT2D eigenvalue weighted by atomic mass is 32.1. The number of hydrogen-bond acceptors (Lipinski definition) is 7. The highest BCUT2D eigenvalue weighted by Crippen LogP contribution is 2.48. The van der Waals surface area contributed by atoms with Crippen LogP contribution in [0, 0.1) is 0 Å². The van der Waals surface area contributed by atoms with Crippen LogP contribution >= 0.6 is 12.9 Å². The molecule has 1 amide bonds. The summed E-state index contributed by atoms with van der Waals surface area (Å²) in [6, 6.07) is 15.4. The van der Waals surface area contributed by atoms with E-state index in [1.165, 1.54) is 23.1 Å². The second kappa shape index (κ2) is 8.81. The number of aromatic nitrogens is 2. The van der Waals surface area contributed by atoms with Crippen LogP contribution in [0.15, 0.2) is 48.5 Å². The first-order valence-corrected chi connectivity index (χ1v) is 11.6. The maximum atomic E-state index is 13.7. The van der Waals surface area contributed by atoms with Gasteiger partial charge in [-0.25, -0.2) is 9.48 Å². The number of ether oxygens (including phenoxy) is 1. The fraction of sp³-hybridized carbons (Fsp3) is 0.320. The van der Waals surface area contributed by atoms with Crippen LogP contribution in [-0.4, -0.2) is 48.9 Å². The summed E-state index contributed by atoms with van der Waals surface area (Å²) in [5.74, 6) is -0.219. The van der Waals surface area contributed by atoms with Gasteiger partial charge < -0.3 is 19.1 Å². The fourth-order valence-electron chi connectivity index (χ4n) is 4.78. The Hall–Kier alpha value is -3.30. The third-order valence-corrected chi connectivity index (χ3v) is 6.94. The van der Waals surface area contributed by atoms with Gasteiger partial charge in [0.15, 0.2) is 5.69 Å². The van der Waals surface area contributed by atoms with Gasteiger partial charge in [-0.3, -0.25) is 4.79 Å². The molecule has 0 spiro atoms. The van der Waals surface area contributed by atoms with Crippen molar-refractivity contribution in [2.75, 3.05) is 32.1 Å². The maximum absolute atomic E-state index is 13.7. The van der Waals surface area contributed by atoms with Crippen molar-refractivity contribution in [1.29, 1.82) is 0 Å². The molecule has 1 aromatic heterocycles. The predicted molar refractivity (Wildman–Crippen MR) is 131 cm³/mol. The molecule has 2 heterocycles. The molecule has 8 nitrogen and oxygen atoms in total. The Labute approximate surface area is 203 Å². The molecule has 3 aromatic rings. The molecule has 5 rings (SSSR count). The summed E-state index contributed by atoms with van der Waals surface area (Å²) >= 11 is 3.65. The van der Waals surface area contributed by atoms with Crippen molar-refractivity contribution in [1.82, 2.24) is 15.1 Å². The summed E-state index contributed by atoms with van der Waals surface area (Å²) in [5, 5.41) is 7.72. The Morgan fingerprint density at radius 3 is 2.38 bits per heavy atom. The monoisotopic (exact) mass is 478 g/mol. The van der Waals surface area contributed by atoms with E-state index < -0.39 is 5.97 Å². The number of fused-ring (bicyclic) bond motifs is 1. The molecule has 1 fully saturated rings. The van der Waals surface area contributed by atoms with Crippen LogP contribution in [0.3, 0.4) is 0 Å². The van der Waals surface area contributed by atoms with Crippen molar-refractivity contribution in [2.45, 2.75) is 24.7 Å². The molecule has 0 atom stereocenters. The standard InChI is InChI=1S/C25H26N4O4S/c1-26-15-25(12-13-25)16-3-5-17(6-4-16)28-14-11-20-21(24(31)33-34)27-29(22(20)23(28)30)18-7-9-19(32-2)10-8-18/h3-10,26,34H,11-15H2,1-2H3. The van der Waals surface area contributed by atoms with Crippen molar-refractivity contribution >= 4 is 30.5 Å². The number of nitrogens with one attached hydrogen (secondary N) is 1. The number of hydrogen-bond donors (Lipinski definition) is 2. The number of likely N-dealkylation sites (N-methyl/N-ethyl adjacent to an activating group) is 1. The van der Waals surface area contributed by atoms with E-state index in [9.17, 15) is 9.59 Å². The maximum Gasteiger partial charge on any atom is 0.370 e. The highest BCUT2D eigenvalue weighted by molar-refractivity contribution is 7.75. The average molecular weight is 479 g/mol. The Kier molecular flexibility index (Phi) is 5.83. The predicted octanol–water partition coefficient (Wildman–Crippen LogP) is 3.34. The topological polar surface area (TPSA) is 85.7 Å². The van der Waals surface area contributed by atoms with E-state index in [0.29, 0.717) is 35.7 Å². The SMILES string of the molecule is CNCC1(c2ccc(N3CCc4c(C(=O)OS)nn(-c5ccc(OC)cc5)c4C3=O)cc2)CC1. The molecule has 1 N–H and O–H groups in total. The second-order valence-electron chi connectivity index (χ2n) is 8.73. The first-order chi connectivity index (χ1) is 16.5. The molecule has 1 aliphatic carbocycles. The molecule has 176 valence electrons. The lowest BCUT2D eigenvalue weighted by atomic mass is 9.95. The number of carbonyl (C=O) groups is 2. The highest BCUT2D eigenvalue weighted by Gasteiger charge is 2.43. The summed E-state index contributed by atoms with van der Waals surface area (Å²) in [6.45, 7) is 1.39. The minimum Gasteiger partial charge on any atom is -0.497 e. The van der Waals surface area contributed by atoms with Gasteiger partial charge in [0.25, 0.3) is 5.91 Å². The number of anilines is 1. The zero-order valence-corrected chi connectivity index (χ0v) is 20.0. The molecule has 34 heavy (non-hydrogen) atoms. The minimum absolute atomic E-state index is 0.104. The van der Waals surface area contributed by atoms with Gasteiger partial charge in [0.05, 0.1) is 12.8 Å². The van der Waals surface area contributed by atoms with Crippen LogP contribution in [0.4, 0.5) is 5.69 Å². The molecule has 1 aliphatic heterocycles. The van der Waals surface area contributed by atoms with E-state index in [1.54, 1.807) is 36.3 Å². The zero-order valence-electron chi connectivity index (χ0n) is 19.1. The molecule has 2 aliphatic rings. The molecular weight excluding hydrogens is 452 g/mol. The van der Waals surface area contributed by atoms with Crippen molar-refractivity contribution in [3.8, 4) is 11.4 Å². The lowest BCUT2D eigenvalue weighted by Crippen LogP contribution is -2.39. The van der Waals surface area contributed by atoms with E-state index in [-0.39, 0.29) is 17.0 Å². The van der Waals surface area contributed by atoms with E-state index in [4.69, 9.17) is 4.74 Å². The third kappa shape index (κ3) is 3.74. The van der Waals surface area contributed by atoms with Crippen molar-refractivity contribution in [2.24, 2.45) is 0 Å². The van der Waals surface area contributed by atoms with Gasteiger partial charge in [-0.15, -0.1) is 0 Å². The van der Waals surface area contributed by atoms with Gasteiger partial charge in [0.2, 0.25) is 0 Å². The number of amides is 1. The summed E-state index contributed by atoms with van der Waals surface area (Å²) in [6.07, 6.45) is 2.81. The van der Waals surface area contributed by atoms with Crippen molar-refractivity contribution in [3.05, 3.63) is 71.0 Å². The Balaban J connectivity index is 1.51. The molecular formula is C25H26N4O4S. The Bertz CT molecular complexity index is 1230. The number of rotatable bonds is 7. The molecule has 2 aromatic carbocycles. The van der Waals surface area contributed by atoms with E-state index >= 15 is 0 Å². The van der Waals surface area contributed by atoms with Crippen LogP contribution in [0.2, 0.25) is 0 Å². The number of methoxy groups -OCH3 is 1. The molecule has 0 saturated heterocycles.